The molecule has 0 amide bonds. The number of hydrogen-bond acceptors (Lipinski definition) is 3. The summed E-state index contributed by atoms with van der Waals surface area (Å²) < 4.78 is 27.7. The van der Waals surface area contributed by atoms with Gasteiger partial charge in [0.15, 0.2) is 0 Å². The Kier molecular flexibility index (Phi) is 6.18. The van der Waals surface area contributed by atoms with Crippen LogP contribution < -0.4 is 0 Å². The van der Waals surface area contributed by atoms with Gasteiger partial charge in [-0.15, -0.1) is 0 Å². The van der Waals surface area contributed by atoms with E-state index in [0.29, 0.717) is 4.47 Å². The fourth-order valence-corrected chi connectivity index (χ4v) is 5.04. The van der Waals surface area contributed by atoms with E-state index in [1.54, 1.807) is 37.0 Å². The first-order valence-electron chi connectivity index (χ1n) is 5.22. The van der Waals surface area contributed by atoms with Crippen LogP contribution >= 0.6 is 43.6 Å². The van der Waals surface area contributed by atoms with E-state index < -0.39 is 10.0 Å². The highest BCUT2D eigenvalue weighted by Gasteiger charge is 2.27. The molecule has 0 spiro atoms. The molecule has 0 bridgehead atoms. The Hall–Kier alpha value is 0.440. The summed E-state index contributed by atoms with van der Waals surface area (Å²) in [6.07, 6.45) is 1.96. The summed E-state index contributed by atoms with van der Waals surface area (Å²) in [7, 11) is -1.86. The van der Waals surface area contributed by atoms with E-state index >= 15 is 0 Å². The highest BCUT2D eigenvalue weighted by atomic mass is 79.9. The second-order valence-corrected chi connectivity index (χ2v) is 8.55. The summed E-state index contributed by atoms with van der Waals surface area (Å²) in [6, 6.07) is 5.09. The number of hydrogen-bond donors (Lipinski definition) is 0. The van der Waals surface area contributed by atoms with Crippen molar-refractivity contribution < 1.29 is 8.42 Å². The number of halogens is 2. The SMILES string of the molecule is CSCC(C)N(C)S(=O)(=O)c1cc(Br)ccc1Br. The van der Waals surface area contributed by atoms with E-state index in [-0.39, 0.29) is 10.9 Å². The molecule has 0 aromatic heterocycles. The molecule has 0 radical (unpaired) electrons. The maximum absolute atomic E-state index is 12.5. The van der Waals surface area contributed by atoms with E-state index in [1.165, 1.54) is 4.31 Å². The van der Waals surface area contributed by atoms with Crippen LogP contribution in [-0.4, -0.2) is 37.8 Å². The lowest BCUT2D eigenvalue weighted by atomic mass is 10.4. The Bertz CT molecular complexity index is 520. The van der Waals surface area contributed by atoms with Crippen LogP contribution in [0, 0.1) is 0 Å². The fourth-order valence-electron chi connectivity index (χ4n) is 1.41. The molecule has 3 nitrogen and oxygen atoms in total. The van der Waals surface area contributed by atoms with Crippen LogP contribution in [0.2, 0.25) is 0 Å². The van der Waals surface area contributed by atoms with Crippen LogP contribution in [0.15, 0.2) is 32.0 Å². The van der Waals surface area contributed by atoms with Gasteiger partial charge in [-0.2, -0.15) is 16.1 Å². The van der Waals surface area contributed by atoms with Crippen LogP contribution in [0.25, 0.3) is 0 Å². The van der Waals surface area contributed by atoms with Crippen molar-refractivity contribution in [2.45, 2.75) is 17.9 Å². The lowest BCUT2D eigenvalue weighted by Crippen LogP contribution is -2.36. The minimum Gasteiger partial charge on any atom is -0.207 e. The molecule has 1 rings (SSSR count). The molecular weight excluding hydrogens is 402 g/mol. The third kappa shape index (κ3) is 3.72. The standard InChI is InChI=1S/C11H15Br2NO2S2/c1-8(7-17-3)14(2)18(15,16)11-6-9(12)4-5-10(11)13/h4-6,8H,7H2,1-3H3. The van der Waals surface area contributed by atoms with Gasteiger partial charge in [0.05, 0.1) is 4.90 Å². The predicted molar refractivity (Wildman–Crippen MR) is 84.6 cm³/mol. The Balaban J connectivity index is 3.17. The predicted octanol–water partition coefficient (Wildman–Crippen LogP) is 3.58. The molecular formula is C11H15Br2NO2S2. The highest BCUT2D eigenvalue weighted by Crippen LogP contribution is 2.28. The number of benzene rings is 1. The second kappa shape index (κ2) is 6.74. The van der Waals surface area contributed by atoms with Crippen molar-refractivity contribution in [1.82, 2.24) is 4.31 Å². The molecule has 0 aliphatic carbocycles. The van der Waals surface area contributed by atoms with Gasteiger partial charge in [-0.05, 0) is 47.3 Å². The van der Waals surface area contributed by atoms with Crippen molar-refractivity contribution in [3.05, 3.63) is 27.1 Å². The van der Waals surface area contributed by atoms with Gasteiger partial charge in [0.2, 0.25) is 10.0 Å². The van der Waals surface area contributed by atoms with Crippen molar-refractivity contribution in [1.29, 1.82) is 0 Å². The summed E-state index contributed by atoms with van der Waals surface area (Å²) in [5, 5.41) is 0. The quantitative estimate of drug-likeness (QED) is 0.735. The molecule has 7 heteroatoms. The van der Waals surface area contributed by atoms with Crippen molar-refractivity contribution in [3.63, 3.8) is 0 Å². The first-order chi connectivity index (χ1) is 8.30. The van der Waals surface area contributed by atoms with E-state index in [9.17, 15) is 8.42 Å². The van der Waals surface area contributed by atoms with Gasteiger partial charge >= 0.3 is 0 Å². The van der Waals surface area contributed by atoms with Gasteiger partial charge < -0.3 is 0 Å². The normalized spacial score (nSPS) is 13.9. The van der Waals surface area contributed by atoms with Crippen LogP contribution in [0.1, 0.15) is 6.92 Å². The molecule has 0 fully saturated rings. The zero-order valence-electron chi connectivity index (χ0n) is 10.4. The number of nitrogens with zero attached hydrogens (tertiary/aromatic N) is 1. The molecule has 0 aliphatic rings. The van der Waals surface area contributed by atoms with Gasteiger partial charge in [-0.3, -0.25) is 0 Å². The van der Waals surface area contributed by atoms with Gasteiger partial charge in [0.1, 0.15) is 0 Å². The summed E-state index contributed by atoms with van der Waals surface area (Å²) in [4.78, 5) is 0.285. The Labute approximate surface area is 130 Å². The summed E-state index contributed by atoms with van der Waals surface area (Å²) >= 11 is 8.22. The Morgan fingerprint density at radius 2 is 2.00 bits per heavy atom. The molecule has 0 aliphatic heterocycles. The van der Waals surface area contributed by atoms with Crippen molar-refractivity contribution >= 4 is 53.6 Å². The van der Waals surface area contributed by atoms with Crippen molar-refractivity contribution in [2.75, 3.05) is 19.1 Å². The first-order valence-corrected chi connectivity index (χ1v) is 9.64. The fraction of sp³-hybridized carbons (Fsp3) is 0.455. The summed E-state index contributed by atoms with van der Waals surface area (Å²) in [5.41, 5.74) is 0. The molecule has 0 saturated heterocycles. The van der Waals surface area contributed by atoms with Gasteiger partial charge in [0, 0.05) is 27.8 Å². The molecule has 0 saturated carbocycles. The van der Waals surface area contributed by atoms with Crippen molar-refractivity contribution in [2.24, 2.45) is 0 Å². The zero-order valence-corrected chi connectivity index (χ0v) is 15.2. The number of rotatable bonds is 5. The van der Waals surface area contributed by atoms with E-state index in [0.717, 1.165) is 10.2 Å². The highest BCUT2D eigenvalue weighted by molar-refractivity contribution is 9.11. The van der Waals surface area contributed by atoms with Crippen LogP contribution in [-0.2, 0) is 10.0 Å². The Morgan fingerprint density at radius 3 is 2.56 bits per heavy atom. The average Bonchev–Trinajstić information content (AvgIpc) is 2.31. The van der Waals surface area contributed by atoms with Crippen molar-refractivity contribution in [3.8, 4) is 0 Å². The lowest BCUT2D eigenvalue weighted by Gasteiger charge is -2.24. The van der Waals surface area contributed by atoms with E-state index in [1.807, 2.05) is 13.2 Å². The minimum absolute atomic E-state index is 0.0455. The molecule has 0 N–H and O–H groups in total. The molecule has 1 aromatic rings. The Morgan fingerprint density at radius 1 is 1.39 bits per heavy atom. The average molecular weight is 417 g/mol. The van der Waals surface area contributed by atoms with Crippen LogP contribution in [0.5, 0.6) is 0 Å². The molecule has 18 heavy (non-hydrogen) atoms. The maximum atomic E-state index is 12.5. The third-order valence-corrected chi connectivity index (χ3v) is 6.85. The van der Waals surface area contributed by atoms with Gasteiger partial charge in [0.25, 0.3) is 0 Å². The maximum Gasteiger partial charge on any atom is 0.244 e. The lowest BCUT2D eigenvalue weighted by molar-refractivity contribution is 0.415. The number of sulfonamides is 1. The minimum atomic E-state index is -3.47. The monoisotopic (exact) mass is 415 g/mol. The topological polar surface area (TPSA) is 37.4 Å². The zero-order chi connectivity index (χ0) is 13.9. The largest absolute Gasteiger partial charge is 0.244 e. The smallest absolute Gasteiger partial charge is 0.207 e. The van der Waals surface area contributed by atoms with Gasteiger partial charge in [-0.1, -0.05) is 15.9 Å². The summed E-state index contributed by atoms with van der Waals surface area (Å²) in [6.45, 7) is 1.90. The third-order valence-electron chi connectivity index (χ3n) is 2.58. The molecule has 1 atom stereocenters. The second-order valence-electron chi connectivity index (χ2n) is 3.90. The molecule has 102 valence electrons. The van der Waals surface area contributed by atoms with E-state index in [2.05, 4.69) is 31.9 Å². The molecule has 1 aromatic carbocycles. The molecule has 1 unspecified atom stereocenters. The first kappa shape index (κ1) is 16.5. The van der Waals surface area contributed by atoms with Gasteiger partial charge in [-0.25, -0.2) is 8.42 Å². The van der Waals surface area contributed by atoms with Crippen LogP contribution in [0.3, 0.4) is 0 Å². The number of thioether (sulfide) groups is 1. The molecule has 0 heterocycles. The summed E-state index contributed by atoms with van der Waals surface area (Å²) in [5.74, 6) is 0.765. The van der Waals surface area contributed by atoms with E-state index in [4.69, 9.17) is 0 Å². The van der Waals surface area contributed by atoms with Crippen LogP contribution in [0.4, 0.5) is 0 Å².